The molecule has 0 aliphatic carbocycles. The van der Waals surface area contributed by atoms with E-state index in [1.807, 2.05) is 50.2 Å². The fourth-order valence-corrected chi connectivity index (χ4v) is 2.08. The van der Waals surface area contributed by atoms with Gasteiger partial charge in [-0.3, -0.25) is 4.79 Å². The first-order chi connectivity index (χ1) is 10.6. The van der Waals surface area contributed by atoms with E-state index >= 15 is 0 Å². The summed E-state index contributed by atoms with van der Waals surface area (Å²) in [7, 11) is 0. The van der Waals surface area contributed by atoms with Crippen LogP contribution in [-0.2, 0) is 4.79 Å². The number of para-hydroxylation sites is 2. The van der Waals surface area contributed by atoms with Crippen LogP contribution in [0, 0.1) is 0 Å². The summed E-state index contributed by atoms with van der Waals surface area (Å²) in [6, 6.07) is 14.7. The summed E-state index contributed by atoms with van der Waals surface area (Å²) in [5.74, 6) is 0.414. The van der Waals surface area contributed by atoms with Gasteiger partial charge in [-0.2, -0.15) is 0 Å². The molecule has 114 valence electrons. The number of carbonyl (C=O) groups is 1. The Morgan fingerprint density at radius 3 is 2.55 bits per heavy atom. The fraction of sp³-hybridized carbons (Fsp3) is 0.167. The summed E-state index contributed by atoms with van der Waals surface area (Å²) in [6.07, 6.45) is 3.17. The molecule has 0 unspecified atom stereocenters. The van der Waals surface area contributed by atoms with Crippen molar-refractivity contribution in [3.8, 4) is 5.75 Å². The third-order valence-corrected chi connectivity index (χ3v) is 3.17. The van der Waals surface area contributed by atoms with Crippen molar-refractivity contribution in [1.29, 1.82) is 0 Å². The minimum absolute atomic E-state index is 0.0386. The van der Waals surface area contributed by atoms with E-state index < -0.39 is 0 Å². The molecule has 2 aromatic rings. The lowest BCUT2D eigenvalue weighted by molar-refractivity contribution is -0.111. The van der Waals surface area contributed by atoms with Crippen LogP contribution in [0.5, 0.6) is 5.75 Å². The molecule has 0 atom stereocenters. The third-order valence-electron chi connectivity index (χ3n) is 2.83. The number of benzene rings is 2. The molecule has 0 fully saturated rings. The number of nitrogens with one attached hydrogen (secondary N) is 1. The summed E-state index contributed by atoms with van der Waals surface area (Å²) in [5, 5.41) is 3.42. The Kier molecular flexibility index (Phi) is 5.61. The third kappa shape index (κ3) is 4.64. The molecule has 0 aliphatic rings. The molecule has 0 heterocycles. The lowest BCUT2D eigenvalue weighted by atomic mass is 10.2. The molecule has 3 nitrogen and oxygen atoms in total. The Hall–Kier alpha value is -2.26. The Morgan fingerprint density at radius 1 is 1.14 bits per heavy atom. The van der Waals surface area contributed by atoms with Gasteiger partial charge in [0.15, 0.2) is 0 Å². The quantitative estimate of drug-likeness (QED) is 0.806. The molecule has 2 rings (SSSR count). The van der Waals surface area contributed by atoms with Gasteiger partial charge in [0.2, 0.25) is 5.91 Å². The second kappa shape index (κ2) is 7.66. The van der Waals surface area contributed by atoms with Crippen molar-refractivity contribution >= 4 is 29.3 Å². The van der Waals surface area contributed by atoms with Crippen LogP contribution in [0.4, 0.5) is 5.69 Å². The topological polar surface area (TPSA) is 38.3 Å². The highest BCUT2D eigenvalue weighted by Crippen LogP contribution is 2.25. The molecule has 4 heteroatoms. The van der Waals surface area contributed by atoms with Crippen LogP contribution >= 0.6 is 11.6 Å². The van der Waals surface area contributed by atoms with Crippen molar-refractivity contribution in [1.82, 2.24) is 0 Å². The minimum Gasteiger partial charge on any atom is -0.489 e. The van der Waals surface area contributed by atoms with Gasteiger partial charge in [0.25, 0.3) is 0 Å². The molecule has 0 saturated heterocycles. The highest BCUT2D eigenvalue weighted by molar-refractivity contribution is 6.32. The zero-order valence-electron chi connectivity index (χ0n) is 12.5. The van der Waals surface area contributed by atoms with E-state index in [1.165, 1.54) is 6.08 Å². The first-order valence-electron chi connectivity index (χ1n) is 7.05. The Morgan fingerprint density at radius 2 is 1.82 bits per heavy atom. The van der Waals surface area contributed by atoms with Crippen LogP contribution < -0.4 is 10.1 Å². The Bertz CT molecular complexity index is 680. The van der Waals surface area contributed by atoms with Crippen molar-refractivity contribution in [2.45, 2.75) is 20.0 Å². The SMILES string of the molecule is CC(C)Oc1ccccc1NC(=O)/C=C/c1ccccc1Cl. The molecular formula is C18H18ClNO2. The number of rotatable bonds is 5. The molecular weight excluding hydrogens is 298 g/mol. The second-order valence-corrected chi connectivity index (χ2v) is 5.41. The van der Waals surface area contributed by atoms with E-state index in [1.54, 1.807) is 18.2 Å². The normalized spacial score (nSPS) is 10.9. The average molecular weight is 316 g/mol. The van der Waals surface area contributed by atoms with Crippen molar-refractivity contribution in [3.63, 3.8) is 0 Å². The van der Waals surface area contributed by atoms with Gasteiger partial charge in [-0.05, 0) is 43.7 Å². The van der Waals surface area contributed by atoms with Gasteiger partial charge in [0.1, 0.15) is 5.75 Å². The van der Waals surface area contributed by atoms with Crippen molar-refractivity contribution in [2.75, 3.05) is 5.32 Å². The lowest BCUT2D eigenvalue weighted by Gasteiger charge is -2.14. The van der Waals surface area contributed by atoms with Gasteiger partial charge in [-0.15, -0.1) is 0 Å². The first kappa shape index (κ1) is 16.1. The minimum atomic E-state index is -0.236. The van der Waals surface area contributed by atoms with Crippen LogP contribution in [0.1, 0.15) is 19.4 Å². The summed E-state index contributed by atoms with van der Waals surface area (Å²) in [5.41, 5.74) is 1.44. The molecule has 2 aromatic carbocycles. The Labute approximate surface area is 135 Å². The largest absolute Gasteiger partial charge is 0.489 e. The van der Waals surface area contributed by atoms with Gasteiger partial charge >= 0.3 is 0 Å². The maximum Gasteiger partial charge on any atom is 0.248 e. The van der Waals surface area contributed by atoms with E-state index in [4.69, 9.17) is 16.3 Å². The summed E-state index contributed by atoms with van der Waals surface area (Å²) in [6.45, 7) is 3.88. The first-order valence-corrected chi connectivity index (χ1v) is 7.43. The number of hydrogen-bond donors (Lipinski definition) is 1. The summed E-state index contributed by atoms with van der Waals surface area (Å²) in [4.78, 5) is 12.0. The van der Waals surface area contributed by atoms with E-state index in [0.717, 1.165) is 5.56 Å². The zero-order valence-corrected chi connectivity index (χ0v) is 13.3. The van der Waals surface area contributed by atoms with E-state index in [0.29, 0.717) is 16.5 Å². The summed E-state index contributed by atoms with van der Waals surface area (Å²) >= 11 is 6.05. The maximum atomic E-state index is 12.0. The fourth-order valence-electron chi connectivity index (χ4n) is 1.88. The number of hydrogen-bond acceptors (Lipinski definition) is 2. The van der Waals surface area contributed by atoms with Crippen LogP contribution in [0.25, 0.3) is 6.08 Å². The molecule has 0 spiro atoms. The van der Waals surface area contributed by atoms with Crippen molar-refractivity contribution < 1.29 is 9.53 Å². The number of carbonyl (C=O) groups excluding carboxylic acids is 1. The second-order valence-electron chi connectivity index (χ2n) is 5.01. The smallest absolute Gasteiger partial charge is 0.248 e. The molecule has 0 aromatic heterocycles. The molecule has 0 radical (unpaired) electrons. The number of halogens is 1. The molecule has 0 saturated carbocycles. The summed E-state index contributed by atoms with van der Waals surface area (Å²) < 4.78 is 5.67. The number of amides is 1. The van der Waals surface area contributed by atoms with Crippen LogP contribution in [0.3, 0.4) is 0 Å². The maximum absolute atomic E-state index is 12.0. The highest BCUT2D eigenvalue weighted by atomic mass is 35.5. The van der Waals surface area contributed by atoms with E-state index in [9.17, 15) is 4.79 Å². The van der Waals surface area contributed by atoms with Gasteiger partial charge < -0.3 is 10.1 Å². The van der Waals surface area contributed by atoms with E-state index in [2.05, 4.69) is 5.32 Å². The monoisotopic (exact) mass is 315 g/mol. The highest BCUT2D eigenvalue weighted by Gasteiger charge is 2.07. The zero-order chi connectivity index (χ0) is 15.9. The molecule has 1 N–H and O–H groups in total. The van der Waals surface area contributed by atoms with Crippen LogP contribution in [0.2, 0.25) is 5.02 Å². The van der Waals surface area contributed by atoms with Crippen molar-refractivity contribution in [2.24, 2.45) is 0 Å². The molecule has 0 aliphatic heterocycles. The van der Waals surface area contributed by atoms with Gasteiger partial charge in [0.05, 0.1) is 11.8 Å². The van der Waals surface area contributed by atoms with Gasteiger partial charge in [-0.1, -0.05) is 41.9 Å². The van der Waals surface area contributed by atoms with E-state index in [-0.39, 0.29) is 12.0 Å². The lowest BCUT2D eigenvalue weighted by Crippen LogP contribution is -2.12. The van der Waals surface area contributed by atoms with Crippen molar-refractivity contribution in [3.05, 3.63) is 65.2 Å². The predicted octanol–water partition coefficient (Wildman–Crippen LogP) is 4.78. The standard InChI is InChI=1S/C18H18ClNO2/c1-13(2)22-17-10-6-5-9-16(17)20-18(21)12-11-14-7-3-4-8-15(14)19/h3-13H,1-2H3,(H,20,21)/b12-11+. The average Bonchev–Trinajstić information content (AvgIpc) is 2.48. The Balaban J connectivity index is 2.08. The van der Waals surface area contributed by atoms with Crippen LogP contribution in [-0.4, -0.2) is 12.0 Å². The van der Waals surface area contributed by atoms with Gasteiger partial charge in [0, 0.05) is 11.1 Å². The molecule has 22 heavy (non-hydrogen) atoms. The number of anilines is 1. The molecule has 1 amide bonds. The van der Waals surface area contributed by atoms with Crippen LogP contribution in [0.15, 0.2) is 54.6 Å². The van der Waals surface area contributed by atoms with Gasteiger partial charge in [-0.25, -0.2) is 0 Å². The molecule has 0 bridgehead atoms. The predicted molar refractivity (Wildman–Crippen MR) is 91.3 cm³/mol. The number of ether oxygens (including phenoxy) is 1.